The Balaban J connectivity index is 2.21. The summed E-state index contributed by atoms with van der Waals surface area (Å²) < 4.78 is 39.5. The molecule has 0 bridgehead atoms. The lowest BCUT2D eigenvalue weighted by Crippen LogP contribution is -2.12. The van der Waals surface area contributed by atoms with Crippen LogP contribution in [0.3, 0.4) is 0 Å². The molecule has 0 spiro atoms. The Morgan fingerprint density at radius 3 is 2.45 bits per heavy atom. The summed E-state index contributed by atoms with van der Waals surface area (Å²) in [6.45, 7) is 0.367. The lowest BCUT2D eigenvalue weighted by atomic mass is 10.0. The van der Waals surface area contributed by atoms with Crippen molar-refractivity contribution in [2.45, 2.75) is 54.8 Å². The lowest BCUT2D eigenvalue weighted by molar-refractivity contribution is -0.139. The monoisotopic (exact) mass is 303 g/mol. The van der Waals surface area contributed by atoms with E-state index in [-0.39, 0.29) is 0 Å². The Kier molecular flexibility index (Phi) is 5.38. The minimum absolute atomic E-state index is 0.324. The average molecular weight is 303 g/mol. The smallest absolute Gasteiger partial charge is 0.330 e. The fourth-order valence-corrected chi connectivity index (χ4v) is 3.96. The van der Waals surface area contributed by atoms with E-state index in [0.29, 0.717) is 28.7 Å². The number of rotatable bonds is 4. The molecule has 20 heavy (non-hydrogen) atoms. The van der Waals surface area contributed by atoms with Crippen molar-refractivity contribution in [1.82, 2.24) is 0 Å². The van der Waals surface area contributed by atoms with Gasteiger partial charge >= 0.3 is 6.18 Å². The summed E-state index contributed by atoms with van der Waals surface area (Å²) in [5, 5.41) is 0.324. The fourth-order valence-electron chi connectivity index (χ4n) is 2.59. The number of benzene rings is 1. The van der Waals surface area contributed by atoms with Crippen molar-refractivity contribution in [1.29, 1.82) is 0 Å². The molecule has 5 heteroatoms. The van der Waals surface area contributed by atoms with Gasteiger partial charge in [-0.3, -0.25) is 0 Å². The summed E-state index contributed by atoms with van der Waals surface area (Å²) in [6, 6.07) is 4.65. The van der Waals surface area contributed by atoms with Crippen molar-refractivity contribution in [3.63, 3.8) is 0 Å². The molecule has 0 aromatic heterocycles. The number of halogens is 3. The van der Waals surface area contributed by atoms with E-state index >= 15 is 0 Å². The van der Waals surface area contributed by atoms with Gasteiger partial charge in [0.25, 0.3) is 0 Å². The van der Waals surface area contributed by atoms with Crippen LogP contribution in [0.1, 0.15) is 43.2 Å². The molecule has 0 saturated heterocycles. The Hall–Kier alpha value is -0.680. The lowest BCUT2D eigenvalue weighted by Gasteiger charge is -2.23. The second-order valence-corrected chi connectivity index (χ2v) is 6.59. The Bertz CT molecular complexity index is 439. The molecular weight excluding hydrogens is 283 g/mol. The van der Waals surface area contributed by atoms with Crippen molar-refractivity contribution >= 4 is 11.8 Å². The molecule has 0 heterocycles. The summed E-state index contributed by atoms with van der Waals surface area (Å²) in [7, 11) is 0. The molecule has 2 rings (SSSR count). The molecular formula is C15H20F3NS. The molecule has 0 radical (unpaired) electrons. The molecule has 1 aromatic rings. The molecule has 0 aliphatic heterocycles. The zero-order valence-electron chi connectivity index (χ0n) is 11.4. The largest absolute Gasteiger partial charge is 0.417 e. The van der Waals surface area contributed by atoms with Gasteiger partial charge in [0.05, 0.1) is 5.56 Å². The van der Waals surface area contributed by atoms with E-state index in [9.17, 15) is 13.2 Å². The molecule has 0 atom stereocenters. The third kappa shape index (κ3) is 4.16. The molecule has 0 amide bonds. The van der Waals surface area contributed by atoms with Gasteiger partial charge in [-0.2, -0.15) is 13.2 Å². The number of alkyl halides is 3. The minimum atomic E-state index is -4.29. The van der Waals surface area contributed by atoms with E-state index in [0.717, 1.165) is 25.7 Å². The highest BCUT2D eigenvalue weighted by atomic mass is 32.2. The summed E-state index contributed by atoms with van der Waals surface area (Å²) in [5.74, 6) is 0. The van der Waals surface area contributed by atoms with Gasteiger partial charge in [-0.05, 0) is 43.5 Å². The summed E-state index contributed by atoms with van der Waals surface area (Å²) in [4.78, 5) is 0.366. The van der Waals surface area contributed by atoms with Crippen molar-refractivity contribution < 1.29 is 13.2 Å². The quantitative estimate of drug-likeness (QED) is 0.877. The second-order valence-electron chi connectivity index (χ2n) is 5.24. The van der Waals surface area contributed by atoms with Crippen molar-refractivity contribution in [2.24, 2.45) is 5.73 Å². The van der Waals surface area contributed by atoms with Crippen LogP contribution in [0.5, 0.6) is 0 Å². The van der Waals surface area contributed by atoms with Crippen LogP contribution in [-0.4, -0.2) is 11.8 Å². The van der Waals surface area contributed by atoms with Gasteiger partial charge in [-0.25, -0.2) is 0 Å². The van der Waals surface area contributed by atoms with Gasteiger partial charge < -0.3 is 5.73 Å². The maximum atomic E-state index is 13.2. The average Bonchev–Trinajstić information content (AvgIpc) is 2.41. The molecule has 1 aromatic carbocycles. The number of nitrogens with two attached hydrogens (primary N) is 1. The van der Waals surface area contributed by atoms with Crippen molar-refractivity contribution in [2.75, 3.05) is 6.54 Å². The van der Waals surface area contributed by atoms with Gasteiger partial charge in [0.2, 0.25) is 0 Å². The van der Waals surface area contributed by atoms with Crippen LogP contribution in [0.15, 0.2) is 23.1 Å². The molecule has 1 nitrogen and oxygen atoms in total. The van der Waals surface area contributed by atoms with E-state index in [4.69, 9.17) is 5.73 Å². The highest BCUT2D eigenvalue weighted by Gasteiger charge is 2.34. The van der Waals surface area contributed by atoms with Crippen LogP contribution in [0.25, 0.3) is 0 Å². The van der Waals surface area contributed by atoms with Crippen LogP contribution < -0.4 is 5.73 Å². The van der Waals surface area contributed by atoms with E-state index in [1.807, 2.05) is 0 Å². The zero-order valence-corrected chi connectivity index (χ0v) is 12.2. The van der Waals surface area contributed by atoms with Crippen LogP contribution in [0, 0.1) is 0 Å². The fraction of sp³-hybridized carbons (Fsp3) is 0.600. The molecule has 1 aliphatic rings. The van der Waals surface area contributed by atoms with Gasteiger partial charge in [0.15, 0.2) is 0 Å². The van der Waals surface area contributed by atoms with Crippen LogP contribution >= 0.6 is 11.8 Å². The standard InChI is InChI=1S/C15H20F3NS/c16-15(17,18)13-10-11(8-9-19)6-7-14(13)20-12-4-2-1-3-5-12/h6-7,10,12H,1-5,8-9,19H2. The third-order valence-electron chi connectivity index (χ3n) is 3.63. The first-order valence-corrected chi connectivity index (χ1v) is 7.95. The van der Waals surface area contributed by atoms with Gasteiger partial charge in [0, 0.05) is 10.1 Å². The van der Waals surface area contributed by atoms with E-state index in [1.54, 1.807) is 12.1 Å². The summed E-state index contributed by atoms with van der Waals surface area (Å²) in [5.41, 5.74) is 5.58. The molecule has 0 unspecified atom stereocenters. The number of thioether (sulfide) groups is 1. The third-order valence-corrected chi connectivity index (χ3v) is 5.04. The molecule has 1 saturated carbocycles. The predicted octanol–water partition coefficient (Wildman–Crippen LogP) is 4.63. The Labute approximate surface area is 122 Å². The topological polar surface area (TPSA) is 26.0 Å². The van der Waals surface area contributed by atoms with Crippen LogP contribution in [0.4, 0.5) is 13.2 Å². The number of hydrogen-bond acceptors (Lipinski definition) is 2. The maximum absolute atomic E-state index is 13.2. The zero-order chi connectivity index (χ0) is 14.6. The SMILES string of the molecule is NCCc1ccc(SC2CCCCC2)c(C(F)(F)F)c1. The van der Waals surface area contributed by atoms with Crippen molar-refractivity contribution in [3.05, 3.63) is 29.3 Å². The number of hydrogen-bond donors (Lipinski definition) is 1. The highest BCUT2D eigenvalue weighted by Crippen LogP contribution is 2.41. The Morgan fingerprint density at radius 2 is 1.85 bits per heavy atom. The summed E-state index contributed by atoms with van der Waals surface area (Å²) >= 11 is 1.39. The molecule has 1 fully saturated rings. The molecule has 1 aliphatic carbocycles. The van der Waals surface area contributed by atoms with Crippen molar-refractivity contribution in [3.8, 4) is 0 Å². The Morgan fingerprint density at radius 1 is 1.15 bits per heavy atom. The molecule has 112 valence electrons. The van der Waals surface area contributed by atoms with Gasteiger partial charge in [-0.15, -0.1) is 11.8 Å². The van der Waals surface area contributed by atoms with Crippen LogP contribution in [-0.2, 0) is 12.6 Å². The molecule has 2 N–H and O–H groups in total. The first kappa shape index (κ1) is 15.7. The normalized spacial score (nSPS) is 17.4. The second kappa shape index (κ2) is 6.85. The van der Waals surface area contributed by atoms with Crippen LogP contribution in [0.2, 0.25) is 0 Å². The minimum Gasteiger partial charge on any atom is -0.330 e. The van der Waals surface area contributed by atoms with Gasteiger partial charge in [-0.1, -0.05) is 25.3 Å². The first-order valence-electron chi connectivity index (χ1n) is 7.07. The predicted molar refractivity (Wildman–Crippen MR) is 76.9 cm³/mol. The summed E-state index contributed by atoms with van der Waals surface area (Å²) in [6.07, 6.45) is 1.70. The van der Waals surface area contributed by atoms with E-state index in [1.165, 1.54) is 24.2 Å². The van der Waals surface area contributed by atoms with Gasteiger partial charge in [0.1, 0.15) is 0 Å². The highest BCUT2D eigenvalue weighted by molar-refractivity contribution is 8.00. The maximum Gasteiger partial charge on any atom is 0.417 e. The first-order chi connectivity index (χ1) is 9.50. The van der Waals surface area contributed by atoms with E-state index in [2.05, 4.69) is 0 Å². The van der Waals surface area contributed by atoms with E-state index < -0.39 is 11.7 Å².